The van der Waals surface area contributed by atoms with Crippen LogP contribution in [0.3, 0.4) is 0 Å². The Morgan fingerprint density at radius 3 is 1.55 bits per heavy atom. The topological polar surface area (TPSA) is 144 Å². The summed E-state index contributed by atoms with van der Waals surface area (Å²) >= 11 is 0. The number of non-ortho nitro benzene ring substituents is 2. The molecule has 2 N–H and O–H groups in total. The molecule has 0 radical (unpaired) electrons. The number of amides is 2. The van der Waals surface area contributed by atoms with E-state index in [-0.39, 0.29) is 22.7 Å². The Kier molecular flexibility index (Phi) is 6.31. The zero-order valence-electron chi connectivity index (χ0n) is 15.9. The molecule has 10 heteroatoms. The highest BCUT2D eigenvalue weighted by atomic mass is 16.6. The number of hydrogen-bond donors (Lipinski definition) is 2. The van der Waals surface area contributed by atoms with E-state index in [4.69, 9.17) is 0 Å². The quantitative estimate of drug-likeness (QED) is 0.337. The summed E-state index contributed by atoms with van der Waals surface area (Å²) in [5.41, 5.74) is 0.269. The molecule has 0 aromatic heterocycles. The third-order valence-corrected chi connectivity index (χ3v) is 4.31. The van der Waals surface area contributed by atoms with Crippen LogP contribution in [-0.2, 0) is 9.59 Å². The highest BCUT2D eigenvalue weighted by Gasteiger charge is 2.29. The van der Waals surface area contributed by atoms with E-state index in [2.05, 4.69) is 10.6 Å². The molecule has 0 unspecified atom stereocenters. The van der Waals surface area contributed by atoms with E-state index in [0.717, 1.165) is 0 Å². The van der Waals surface area contributed by atoms with Crippen molar-refractivity contribution in [2.75, 3.05) is 10.6 Å². The first-order valence-corrected chi connectivity index (χ1v) is 9.01. The standard InChI is InChI=1S/C21H16N4O6/c26-20(22-15-8-4-10-17(12-15)24(28)29)19(14-6-2-1-3-7-14)21(27)23-16-9-5-11-18(13-16)25(30)31/h1-13,19H,(H,22,26)(H,23,27). The summed E-state index contributed by atoms with van der Waals surface area (Å²) in [4.78, 5) is 46.6. The number of carbonyl (C=O) groups excluding carboxylic acids is 2. The number of anilines is 2. The molecule has 3 rings (SSSR count). The predicted octanol–water partition coefficient (Wildman–Crippen LogP) is 3.86. The van der Waals surface area contributed by atoms with Crippen molar-refractivity contribution < 1.29 is 19.4 Å². The molecule has 3 aromatic rings. The molecule has 31 heavy (non-hydrogen) atoms. The number of hydrogen-bond acceptors (Lipinski definition) is 6. The monoisotopic (exact) mass is 420 g/mol. The van der Waals surface area contributed by atoms with Crippen LogP contribution >= 0.6 is 0 Å². The van der Waals surface area contributed by atoms with Gasteiger partial charge in [-0.2, -0.15) is 0 Å². The van der Waals surface area contributed by atoms with Crippen LogP contribution in [0, 0.1) is 20.2 Å². The normalized spacial score (nSPS) is 10.4. The first kappa shape index (κ1) is 21.1. The summed E-state index contributed by atoms with van der Waals surface area (Å²) in [5.74, 6) is -2.73. The van der Waals surface area contributed by atoms with E-state index < -0.39 is 27.6 Å². The smallest absolute Gasteiger partial charge is 0.271 e. The molecule has 0 bridgehead atoms. The van der Waals surface area contributed by atoms with Crippen molar-refractivity contribution in [3.05, 3.63) is 105 Å². The number of nitro benzene ring substituents is 2. The van der Waals surface area contributed by atoms with Crippen LogP contribution in [-0.4, -0.2) is 21.7 Å². The molecule has 0 saturated heterocycles. The summed E-state index contributed by atoms with van der Waals surface area (Å²) in [6.07, 6.45) is 0. The minimum absolute atomic E-state index is 0.156. The molecule has 0 saturated carbocycles. The third-order valence-electron chi connectivity index (χ3n) is 4.31. The third kappa shape index (κ3) is 5.26. The minimum Gasteiger partial charge on any atom is -0.325 e. The second kappa shape index (κ2) is 9.27. The minimum atomic E-state index is -1.31. The van der Waals surface area contributed by atoms with E-state index in [0.29, 0.717) is 5.56 Å². The Hall–Kier alpha value is -4.60. The molecule has 0 heterocycles. The summed E-state index contributed by atoms with van der Waals surface area (Å²) in [5, 5.41) is 27.0. The largest absolute Gasteiger partial charge is 0.325 e. The van der Waals surface area contributed by atoms with Crippen LogP contribution in [0.15, 0.2) is 78.9 Å². The number of nitrogens with one attached hydrogen (secondary N) is 2. The molecule has 0 aliphatic carbocycles. The Bertz CT molecular complexity index is 1080. The number of nitrogens with zero attached hydrogens (tertiary/aromatic N) is 2. The van der Waals surface area contributed by atoms with Crippen molar-refractivity contribution in [1.82, 2.24) is 0 Å². The van der Waals surface area contributed by atoms with Crippen molar-refractivity contribution in [2.45, 2.75) is 5.92 Å². The fourth-order valence-electron chi connectivity index (χ4n) is 2.89. The Labute approximate surface area is 175 Å². The van der Waals surface area contributed by atoms with Crippen molar-refractivity contribution in [2.24, 2.45) is 0 Å². The van der Waals surface area contributed by atoms with Crippen molar-refractivity contribution in [3.63, 3.8) is 0 Å². The lowest BCUT2D eigenvalue weighted by molar-refractivity contribution is -0.385. The van der Waals surface area contributed by atoms with Crippen molar-refractivity contribution in [3.8, 4) is 0 Å². The molecular weight excluding hydrogens is 404 g/mol. The van der Waals surface area contributed by atoms with E-state index in [1.807, 2.05) is 0 Å². The van der Waals surface area contributed by atoms with E-state index in [9.17, 15) is 29.8 Å². The molecule has 0 spiro atoms. The molecular formula is C21H16N4O6. The fourth-order valence-corrected chi connectivity index (χ4v) is 2.89. The fraction of sp³-hybridized carbons (Fsp3) is 0.0476. The predicted molar refractivity (Wildman–Crippen MR) is 113 cm³/mol. The van der Waals surface area contributed by atoms with Gasteiger partial charge in [0.25, 0.3) is 11.4 Å². The second-order valence-electron chi connectivity index (χ2n) is 6.44. The maximum atomic E-state index is 13.0. The molecule has 0 atom stereocenters. The maximum Gasteiger partial charge on any atom is 0.271 e. The van der Waals surface area contributed by atoms with Gasteiger partial charge in [-0.3, -0.25) is 29.8 Å². The summed E-state index contributed by atoms with van der Waals surface area (Å²) < 4.78 is 0. The molecule has 10 nitrogen and oxygen atoms in total. The summed E-state index contributed by atoms with van der Waals surface area (Å²) in [6.45, 7) is 0. The van der Waals surface area contributed by atoms with Gasteiger partial charge >= 0.3 is 0 Å². The SMILES string of the molecule is O=C(Nc1cccc([N+](=O)[O-])c1)C(C(=O)Nc1cccc([N+](=O)[O-])c1)c1ccccc1. The lowest BCUT2D eigenvalue weighted by atomic mass is 9.97. The molecule has 2 amide bonds. The molecule has 3 aromatic carbocycles. The zero-order valence-corrected chi connectivity index (χ0v) is 15.9. The molecule has 156 valence electrons. The van der Waals surface area contributed by atoms with Crippen LogP contribution in [0.4, 0.5) is 22.7 Å². The van der Waals surface area contributed by atoms with Crippen LogP contribution < -0.4 is 10.6 Å². The van der Waals surface area contributed by atoms with Crippen LogP contribution in [0.1, 0.15) is 11.5 Å². The van der Waals surface area contributed by atoms with Crippen LogP contribution in [0.2, 0.25) is 0 Å². The van der Waals surface area contributed by atoms with Gasteiger partial charge in [0, 0.05) is 35.6 Å². The van der Waals surface area contributed by atoms with Gasteiger partial charge in [-0.1, -0.05) is 42.5 Å². The molecule has 0 aliphatic heterocycles. The number of rotatable bonds is 7. The van der Waals surface area contributed by atoms with Crippen LogP contribution in [0.5, 0.6) is 0 Å². The van der Waals surface area contributed by atoms with Gasteiger partial charge in [-0.15, -0.1) is 0 Å². The van der Waals surface area contributed by atoms with Gasteiger partial charge in [0.2, 0.25) is 11.8 Å². The van der Waals surface area contributed by atoms with Gasteiger partial charge < -0.3 is 10.6 Å². The van der Waals surface area contributed by atoms with Crippen molar-refractivity contribution >= 4 is 34.6 Å². The summed E-state index contributed by atoms with van der Waals surface area (Å²) in [6, 6.07) is 18.9. The number of benzene rings is 3. The van der Waals surface area contributed by atoms with Gasteiger partial charge in [0.05, 0.1) is 9.85 Å². The molecule has 0 aliphatic rings. The Balaban J connectivity index is 1.88. The first-order chi connectivity index (χ1) is 14.8. The maximum absolute atomic E-state index is 13.0. The molecule has 0 fully saturated rings. The zero-order chi connectivity index (χ0) is 22.4. The van der Waals surface area contributed by atoms with Crippen LogP contribution in [0.25, 0.3) is 0 Å². The van der Waals surface area contributed by atoms with Gasteiger partial charge in [0.1, 0.15) is 5.92 Å². The lowest BCUT2D eigenvalue weighted by Gasteiger charge is -2.17. The highest BCUT2D eigenvalue weighted by molar-refractivity contribution is 6.15. The summed E-state index contributed by atoms with van der Waals surface area (Å²) in [7, 11) is 0. The van der Waals surface area contributed by atoms with E-state index in [1.165, 1.54) is 48.5 Å². The average molecular weight is 420 g/mol. The Morgan fingerprint density at radius 2 is 1.13 bits per heavy atom. The van der Waals surface area contributed by atoms with Gasteiger partial charge in [0.15, 0.2) is 0 Å². The Morgan fingerprint density at radius 1 is 0.677 bits per heavy atom. The second-order valence-corrected chi connectivity index (χ2v) is 6.44. The highest BCUT2D eigenvalue weighted by Crippen LogP contribution is 2.24. The van der Waals surface area contributed by atoms with Crippen molar-refractivity contribution in [1.29, 1.82) is 0 Å². The average Bonchev–Trinajstić information content (AvgIpc) is 2.75. The van der Waals surface area contributed by atoms with Gasteiger partial charge in [-0.05, 0) is 17.7 Å². The van der Waals surface area contributed by atoms with E-state index in [1.54, 1.807) is 30.3 Å². The van der Waals surface area contributed by atoms with Gasteiger partial charge in [-0.25, -0.2) is 0 Å². The van der Waals surface area contributed by atoms with E-state index >= 15 is 0 Å². The first-order valence-electron chi connectivity index (χ1n) is 9.01. The number of carbonyl (C=O) groups is 2. The lowest BCUT2D eigenvalue weighted by Crippen LogP contribution is -2.32. The number of nitro groups is 2.